The van der Waals surface area contributed by atoms with Crippen LogP contribution in [0.2, 0.25) is 0 Å². The summed E-state index contributed by atoms with van der Waals surface area (Å²) in [6.07, 6.45) is 0.756. The molecule has 0 bridgehead atoms. The number of benzene rings is 2. The van der Waals surface area contributed by atoms with E-state index >= 15 is 0 Å². The predicted molar refractivity (Wildman–Crippen MR) is 95.1 cm³/mol. The first kappa shape index (κ1) is 18.3. The summed E-state index contributed by atoms with van der Waals surface area (Å²) < 4.78 is 5.01. The van der Waals surface area contributed by atoms with Crippen LogP contribution in [0.3, 0.4) is 0 Å². The van der Waals surface area contributed by atoms with Gasteiger partial charge in [0.1, 0.15) is 11.3 Å². The Labute approximate surface area is 146 Å². The Balaban J connectivity index is 1.83. The van der Waals surface area contributed by atoms with Gasteiger partial charge >= 0.3 is 12.0 Å². The maximum absolute atomic E-state index is 11.9. The van der Waals surface area contributed by atoms with Crippen LogP contribution in [-0.2, 0) is 13.0 Å². The van der Waals surface area contributed by atoms with Crippen LogP contribution >= 0.6 is 0 Å². The number of amides is 2. The number of urea groups is 1. The van der Waals surface area contributed by atoms with Crippen molar-refractivity contribution >= 4 is 12.0 Å². The average molecular weight is 342 g/mol. The van der Waals surface area contributed by atoms with E-state index in [2.05, 4.69) is 10.6 Å². The molecule has 0 unspecified atom stereocenters. The smallest absolute Gasteiger partial charge is 0.339 e. The number of carbonyl (C=O) groups excluding carboxylic acids is 1. The molecule has 2 amide bonds. The summed E-state index contributed by atoms with van der Waals surface area (Å²) in [5, 5.41) is 14.7. The van der Waals surface area contributed by atoms with Gasteiger partial charge in [-0.1, -0.05) is 30.3 Å². The molecule has 25 heavy (non-hydrogen) atoms. The van der Waals surface area contributed by atoms with Crippen LogP contribution in [-0.4, -0.2) is 30.8 Å². The first-order valence-electron chi connectivity index (χ1n) is 7.97. The van der Waals surface area contributed by atoms with Crippen LogP contribution in [0.5, 0.6) is 5.75 Å². The Morgan fingerprint density at radius 2 is 1.88 bits per heavy atom. The molecule has 2 aromatic carbocycles. The number of ether oxygens (including phenoxy) is 1. The minimum absolute atomic E-state index is 0.0711. The molecular weight excluding hydrogens is 320 g/mol. The topological polar surface area (TPSA) is 87.7 Å². The van der Waals surface area contributed by atoms with E-state index in [-0.39, 0.29) is 18.1 Å². The van der Waals surface area contributed by atoms with Crippen molar-refractivity contribution in [2.45, 2.75) is 19.9 Å². The summed E-state index contributed by atoms with van der Waals surface area (Å²) in [6.45, 7) is 2.80. The summed E-state index contributed by atoms with van der Waals surface area (Å²) in [5.41, 5.74) is 3.15. The molecule has 0 radical (unpaired) electrons. The normalized spacial score (nSPS) is 10.2. The van der Waals surface area contributed by atoms with Crippen LogP contribution in [0, 0.1) is 6.92 Å². The molecule has 0 aliphatic rings. The van der Waals surface area contributed by atoms with Crippen molar-refractivity contribution in [3.05, 3.63) is 64.7 Å². The van der Waals surface area contributed by atoms with E-state index in [1.54, 1.807) is 12.1 Å². The SMILES string of the molecule is COc1ccc(CNC(=O)NCCc2ccccc2C)cc1C(=O)O. The van der Waals surface area contributed by atoms with Crippen LogP contribution in [0.4, 0.5) is 4.79 Å². The summed E-state index contributed by atoms with van der Waals surface area (Å²) in [5.74, 6) is -0.777. The summed E-state index contributed by atoms with van der Waals surface area (Å²) in [6, 6.07) is 12.6. The van der Waals surface area contributed by atoms with Gasteiger partial charge < -0.3 is 20.5 Å². The number of aryl methyl sites for hydroxylation is 1. The number of carboxylic acid groups (broad SMARTS) is 1. The zero-order chi connectivity index (χ0) is 18.2. The second kappa shape index (κ2) is 8.73. The molecule has 2 rings (SSSR count). The van der Waals surface area contributed by atoms with Crippen molar-refractivity contribution in [1.29, 1.82) is 0 Å². The van der Waals surface area contributed by atoms with Gasteiger partial charge in [0, 0.05) is 13.1 Å². The lowest BCUT2D eigenvalue weighted by Gasteiger charge is -2.10. The molecule has 0 aromatic heterocycles. The molecule has 0 saturated carbocycles. The molecular formula is C19H22N2O4. The molecule has 0 atom stereocenters. The highest BCUT2D eigenvalue weighted by Crippen LogP contribution is 2.19. The lowest BCUT2D eigenvalue weighted by molar-refractivity contribution is 0.0693. The average Bonchev–Trinajstić information content (AvgIpc) is 2.61. The number of carboxylic acids is 1. The van der Waals surface area contributed by atoms with E-state index in [1.807, 2.05) is 31.2 Å². The van der Waals surface area contributed by atoms with Crippen molar-refractivity contribution < 1.29 is 19.4 Å². The molecule has 0 heterocycles. The fourth-order valence-corrected chi connectivity index (χ4v) is 2.48. The van der Waals surface area contributed by atoms with E-state index in [9.17, 15) is 9.59 Å². The molecule has 6 nitrogen and oxygen atoms in total. The van der Waals surface area contributed by atoms with Gasteiger partial charge in [0.05, 0.1) is 7.11 Å². The lowest BCUT2D eigenvalue weighted by atomic mass is 10.1. The maximum Gasteiger partial charge on any atom is 0.339 e. The number of hydrogen-bond acceptors (Lipinski definition) is 3. The Kier molecular flexibility index (Phi) is 6.39. The highest BCUT2D eigenvalue weighted by atomic mass is 16.5. The van der Waals surface area contributed by atoms with Crippen molar-refractivity contribution in [1.82, 2.24) is 10.6 Å². The number of methoxy groups -OCH3 is 1. The van der Waals surface area contributed by atoms with Gasteiger partial charge in [-0.05, 0) is 42.2 Å². The van der Waals surface area contributed by atoms with Gasteiger partial charge in [-0.25, -0.2) is 9.59 Å². The number of hydrogen-bond donors (Lipinski definition) is 3. The van der Waals surface area contributed by atoms with Crippen LogP contribution in [0.1, 0.15) is 27.0 Å². The van der Waals surface area contributed by atoms with E-state index in [0.29, 0.717) is 17.9 Å². The highest BCUT2D eigenvalue weighted by molar-refractivity contribution is 5.91. The number of aromatic carboxylic acids is 1. The van der Waals surface area contributed by atoms with Crippen molar-refractivity contribution in [2.24, 2.45) is 0 Å². The molecule has 132 valence electrons. The van der Waals surface area contributed by atoms with Gasteiger partial charge in [-0.2, -0.15) is 0 Å². The lowest BCUT2D eigenvalue weighted by Crippen LogP contribution is -2.36. The standard InChI is InChI=1S/C19H22N2O4/c1-13-5-3-4-6-15(13)9-10-20-19(24)21-12-14-7-8-17(25-2)16(11-14)18(22)23/h3-8,11H,9-10,12H2,1-2H3,(H,22,23)(H2,20,21,24). The zero-order valence-electron chi connectivity index (χ0n) is 14.3. The molecule has 0 fully saturated rings. The first-order valence-corrected chi connectivity index (χ1v) is 7.97. The van der Waals surface area contributed by atoms with Crippen LogP contribution in [0.15, 0.2) is 42.5 Å². The third-order valence-corrected chi connectivity index (χ3v) is 3.89. The number of rotatable bonds is 7. The van der Waals surface area contributed by atoms with Gasteiger partial charge in [0.15, 0.2) is 0 Å². The van der Waals surface area contributed by atoms with E-state index in [1.165, 1.54) is 24.3 Å². The van der Waals surface area contributed by atoms with E-state index < -0.39 is 5.97 Å². The first-order chi connectivity index (χ1) is 12.0. The quantitative estimate of drug-likeness (QED) is 0.722. The van der Waals surface area contributed by atoms with Gasteiger partial charge in [-0.15, -0.1) is 0 Å². The van der Waals surface area contributed by atoms with Gasteiger partial charge in [0.2, 0.25) is 0 Å². The third-order valence-electron chi connectivity index (χ3n) is 3.89. The van der Waals surface area contributed by atoms with Crippen molar-refractivity contribution in [3.63, 3.8) is 0 Å². The van der Waals surface area contributed by atoms with Gasteiger partial charge in [-0.3, -0.25) is 0 Å². The van der Waals surface area contributed by atoms with Crippen LogP contribution < -0.4 is 15.4 Å². The Hall–Kier alpha value is -3.02. The van der Waals surface area contributed by atoms with Crippen molar-refractivity contribution in [3.8, 4) is 5.75 Å². The summed E-state index contributed by atoms with van der Waals surface area (Å²) >= 11 is 0. The zero-order valence-corrected chi connectivity index (χ0v) is 14.3. The molecule has 0 aliphatic heterocycles. The van der Waals surface area contributed by atoms with Crippen molar-refractivity contribution in [2.75, 3.05) is 13.7 Å². The monoisotopic (exact) mass is 342 g/mol. The Morgan fingerprint density at radius 1 is 1.12 bits per heavy atom. The summed E-state index contributed by atoms with van der Waals surface area (Å²) in [7, 11) is 1.42. The number of nitrogens with one attached hydrogen (secondary N) is 2. The molecule has 0 spiro atoms. The van der Waals surface area contributed by atoms with Gasteiger partial charge in [0.25, 0.3) is 0 Å². The molecule has 3 N–H and O–H groups in total. The number of carbonyl (C=O) groups is 2. The third kappa shape index (κ3) is 5.24. The minimum atomic E-state index is -1.07. The van der Waals surface area contributed by atoms with E-state index in [4.69, 9.17) is 9.84 Å². The molecule has 6 heteroatoms. The Bertz CT molecular complexity index is 759. The minimum Gasteiger partial charge on any atom is -0.496 e. The van der Waals surface area contributed by atoms with E-state index in [0.717, 1.165) is 6.42 Å². The molecule has 0 aliphatic carbocycles. The maximum atomic E-state index is 11.9. The highest BCUT2D eigenvalue weighted by Gasteiger charge is 2.12. The molecule has 2 aromatic rings. The van der Waals surface area contributed by atoms with Crippen LogP contribution in [0.25, 0.3) is 0 Å². The fourth-order valence-electron chi connectivity index (χ4n) is 2.48. The summed E-state index contributed by atoms with van der Waals surface area (Å²) in [4.78, 5) is 23.1. The molecule has 0 saturated heterocycles. The second-order valence-corrected chi connectivity index (χ2v) is 5.63. The largest absolute Gasteiger partial charge is 0.496 e. The second-order valence-electron chi connectivity index (χ2n) is 5.63. The Morgan fingerprint density at radius 3 is 2.56 bits per heavy atom. The fraction of sp³-hybridized carbons (Fsp3) is 0.263. The predicted octanol–water partition coefficient (Wildman–Crippen LogP) is 2.74.